The first-order valence-electron chi connectivity index (χ1n) is 11.2. The van der Waals surface area contributed by atoms with Gasteiger partial charge in [0.2, 0.25) is 5.91 Å². The first-order valence-corrected chi connectivity index (χ1v) is 11.2. The Hall–Kier alpha value is -3.88. The Morgan fingerprint density at radius 3 is 2.50 bits per heavy atom. The van der Waals surface area contributed by atoms with Gasteiger partial charge < -0.3 is 20.4 Å². The van der Waals surface area contributed by atoms with Crippen molar-refractivity contribution in [1.29, 1.82) is 0 Å². The number of methoxy groups -OCH3 is 1. The summed E-state index contributed by atoms with van der Waals surface area (Å²) in [6, 6.07) is 13.5. The van der Waals surface area contributed by atoms with E-state index in [1.165, 1.54) is 0 Å². The van der Waals surface area contributed by atoms with Crippen molar-refractivity contribution in [1.82, 2.24) is 25.5 Å². The van der Waals surface area contributed by atoms with Gasteiger partial charge >= 0.3 is 6.03 Å². The van der Waals surface area contributed by atoms with Crippen molar-refractivity contribution >= 4 is 28.9 Å². The van der Waals surface area contributed by atoms with Gasteiger partial charge in [-0.2, -0.15) is 0 Å². The van der Waals surface area contributed by atoms with Gasteiger partial charge in [0.1, 0.15) is 23.7 Å². The summed E-state index contributed by atoms with van der Waals surface area (Å²) in [5.41, 5.74) is 1.03. The molecule has 1 aliphatic rings. The summed E-state index contributed by atoms with van der Waals surface area (Å²) >= 11 is 0. The molecule has 178 valence electrons. The van der Waals surface area contributed by atoms with Gasteiger partial charge in [-0.05, 0) is 49.1 Å². The Morgan fingerprint density at radius 1 is 1.15 bits per heavy atom. The Morgan fingerprint density at radius 2 is 1.85 bits per heavy atom. The number of aromatic nitrogens is 2. The predicted octanol–water partition coefficient (Wildman–Crippen LogP) is 3.24. The molecule has 0 bridgehead atoms. The van der Waals surface area contributed by atoms with E-state index in [4.69, 9.17) is 4.74 Å². The standard InChI is InChI=1S/C25H29N5O4/c1-15(2)13-20(22-27-18-7-5-6-8-19(18)28-22)26-21(31)14-30-23(32)25(3,29-24(30)33)16-9-11-17(34-4)12-10-16/h5-12,15,20H,13-14H2,1-4H3,(H,26,31)(H,27,28)(H,29,33). The highest BCUT2D eigenvalue weighted by molar-refractivity contribution is 6.09. The van der Waals surface area contributed by atoms with E-state index in [9.17, 15) is 14.4 Å². The minimum Gasteiger partial charge on any atom is -0.497 e. The topological polar surface area (TPSA) is 116 Å². The summed E-state index contributed by atoms with van der Waals surface area (Å²) in [4.78, 5) is 47.6. The maximum absolute atomic E-state index is 13.2. The van der Waals surface area contributed by atoms with Gasteiger partial charge in [0.05, 0.1) is 24.2 Å². The molecule has 34 heavy (non-hydrogen) atoms. The van der Waals surface area contributed by atoms with Crippen molar-refractivity contribution in [3.05, 3.63) is 59.9 Å². The van der Waals surface area contributed by atoms with Crippen molar-refractivity contribution in [3.8, 4) is 5.75 Å². The maximum Gasteiger partial charge on any atom is 0.325 e. The van der Waals surface area contributed by atoms with Crippen LogP contribution in [0.2, 0.25) is 0 Å². The number of ether oxygens (including phenoxy) is 1. The smallest absolute Gasteiger partial charge is 0.325 e. The monoisotopic (exact) mass is 463 g/mol. The van der Waals surface area contributed by atoms with Gasteiger partial charge in [0.25, 0.3) is 5.91 Å². The van der Waals surface area contributed by atoms with Crippen LogP contribution >= 0.6 is 0 Å². The fourth-order valence-corrected chi connectivity index (χ4v) is 4.19. The van der Waals surface area contributed by atoms with Gasteiger partial charge in [-0.15, -0.1) is 0 Å². The Bertz CT molecular complexity index is 1190. The van der Waals surface area contributed by atoms with Crippen LogP contribution < -0.4 is 15.4 Å². The van der Waals surface area contributed by atoms with Crippen LogP contribution in [0.1, 0.15) is 44.6 Å². The molecule has 4 amide bonds. The molecule has 0 aliphatic carbocycles. The average Bonchev–Trinajstić information content (AvgIpc) is 3.34. The van der Waals surface area contributed by atoms with Crippen molar-refractivity contribution in [2.45, 2.75) is 38.8 Å². The lowest BCUT2D eigenvalue weighted by Crippen LogP contribution is -2.44. The van der Waals surface area contributed by atoms with Crippen LogP contribution in [0.5, 0.6) is 5.75 Å². The van der Waals surface area contributed by atoms with E-state index in [1.54, 1.807) is 38.3 Å². The molecule has 0 radical (unpaired) electrons. The Balaban J connectivity index is 1.50. The molecule has 1 fully saturated rings. The third kappa shape index (κ3) is 4.46. The number of imidazole rings is 1. The number of rotatable bonds is 8. The highest BCUT2D eigenvalue weighted by Crippen LogP contribution is 2.30. The van der Waals surface area contributed by atoms with Crippen LogP contribution in [0.15, 0.2) is 48.5 Å². The highest BCUT2D eigenvalue weighted by atomic mass is 16.5. The van der Waals surface area contributed by atoms with E-state index in [1.807, 2.05) is 24.3 Å². The number of carbonyl (C=O) groups excluding carboxylic acids is 3. The normalized spacial score (nSPS) is 18.9. The molecule has 1 saturated heterocycles. The molecule has 2 heterocycles. The zero-order valence-electron chi connectivity index (χ0n) is 19.7. The number of imide groups is 1. The number of fused-ring (bicyclic) bond motifs is 1. The zero-order chi connectivity index (χ0) is 24.5. The summed E-state index contributed by atoms with van der Waals surface area (Å²) in [7, 11) is 1.55. The molecular weight excluding hydrogens is 434 g/mol. The second-order valence-corrected chi connectivity index (χ2v) is 9.06. The summed E-state index contributed by atoms with van der Waals surface area (Å²) in [5, 5.41) is 5.68. The predicted molar refractivity (Wildman–Crippen MR) is 127 cm³/mol. The third-order valence-corrected chi connectivity index (χ3v) is 6.02. The Labute approximate surface area is 197 Å². The van der Waals surface area contributed by atoms with Crippen LogP contribution in [0.3, 0.4) is 0 Å². The summed E-state index contributed by atoms with van der Waals surface area (Å²) in [6.07, 6.45) is 0.648. The van der Waals surface area contributed by atoms with Crippen molar-refractivity contribution in [3.63, 3.8) is 0 Å². The van der Waals surface area contributed by atoms with E-state index < -0.39 is 23.4 Å². The average molecular weight is 464 g/mol. The van der Waals surface area contributed by atoms with E-state index in [2.05, 4.69) is 34.4 Å². The molecule has 3 N–H and O–H groups in total. The van der Waals surface area contributed by atoms with E-state index >= 15 is 0 Å². The number of benzene rings is 2. The summed E-state index contributed by atoms with van der Waals surface area (Å²) in [6.45, 7) is 5.35. The molecule has 0 saturated carbocycles. The molecule has 1 aliphatic heterocycles. The molecular formula is C25H29N5O4. The zero-order valence-corrected chi connectivity index (χ0v) is 19.7. The van der Waals surface area contributed by atoms with Gasteiger partial charge in [0.15, 0.2) is 0 Å². The van der Waals surface area contributed by atoms with Gasteiger partial charge in [-0.3, -0.25) is 14.5 Å². The summed E-state index contributed by atoms with van der Waals surface area (Å²) in [5.74, 6) is 0.648. The second kappa shape index (κ2) is 9.17. The third-order valence-electron chi connectivity index (χ3n) is 6.02. The highest BCUT2D eigenvalue weighted by Gasteiger charge is 2.49. The number of para-hydroxylation sites is 2. The van der Waals surface area contributed by atoms with Crippen LogP contribution in [-0.4, -0.2) is 46.4 Å². The van der Waals surface area contributed by atoms with Crippen LogP contribution in [-0.2, 0) is 15.1 Å². The van der Waals surface area contributed by atoms with E-state index in [0.29, 0.717) is 23.6 Å². The van der Waals surface area contributed by atoms with Crippen molar-refractivity contribution < 1.29 is 19.1 Å². The van der Waals surface area contributed by atoms with Crippen LogP contribution in [0, 0.1) is 5.92 Å². The number of urea groups is 1. The number of H-pyrrole nitrogens is 1. The molecule has 3 aromatic rings. The lowest BCUT2D eigenvalue weighted by molar-refractivity contribution is -0.135. The van der Waals surface area contributed by atoms with Crippen LogP contribution in [0.4, 0.5) is 4.79 Å². The lowest BCUT2D eigenvalue weighted by atomic mass is 9.92. The van der Waals surface area contributed by atoms with Crippen LogP contribution in [0.25, 0.3) is 11.0 Å². The molecule has 1 aromatic heterocycles. The number of hydrogen-bond acceptors (Lipinski definition) is 5. The molecule has 9 nitrogen and oxygen atoms in total. The molecule has 2 aromatic carbocycles. The van der Waals surface area contributed by atoms with E-state index in [-0.39, 0.29) is 18.5 Å². The number of amides is 4. The first-order chi connectivity index (χ1) is 16.2. The number of nitrogens with one attached hydrogen (secondary N) is 3. The molecule has 0 spiro atoms. The van der Waals surface area contributed by atoms with Gasteiger partial charge in [0, 0.05) is 0 Å². The maximum atomic E-state index is 13.2. The molecule has 4 rings (SSSR count). The minimum absolute atomic E-state index is 0.286. The SMILES string of the molecule is COc1ccc(C2(C)NC(=O)N(CC(=O)NC(CC(C)C)c3nc4ccccc4[nH]3)C2=O)cc1. The van der Waals surface area contributed by atoms with Crippen molar-refractivity contribution in [2.24, 2.45) is 5.92 Å². The molecule has 2 unspecified atom stereocenters. The number of nitrogens with zero attached hydrogens (tertiary/aromatic N) is 2. The molecule has 9 heteroatoms. The quantitative estimate of drug-likeness (QED) is 0.444. The summed E-state index contributed by atoms with van der Waals surface area (Å²) < 4.78 is 5.16. The first kappa shape index (κ1) is 23.3. The lowest BCUT2D eigenvalue weighted by Gasteiger charge is -2.23. The molecule has 2 atom stereocenters. The number of carbonyl (C=O) groups is 3. The van der Waals surface area contributed by atoms with Crippen molar-refractivity contribution in [2.75, 3.05) is 13.7 Å². The largest absolute Gasteiger partial charge is 0.497 e. The van der Waals surface area contributed by atoms with Gasteiger partial charge in [-0.25, -0.2) is 9.78 Å². The number of hydrogen-bond donors (Lipinski definition) is 3. The van der Waals surface area contributed by atoms with Gasteiger partial charge in [-0.1, -0.05) is 38.1 Å². The van der Waals surface area contributed by atoms with E-state index in [0.717, 1.165) is 15.9 Å². The fraction of sp³-hybridized carbons (Fsp3) is 0.360. The second-order valence-electron chi connectivity index (χ2n) is 9.06. The Kier molecular flexibility index (Phi) is 6.28. The fourth-order valence-electron chi connectivity index (χ4n) is 4.19. The minimum atomic E-state index is -1.26. The number of aromatic amines is 1.